The lowest BCUT2D eigenvalue weighted by Crippen LogP contribution is -2.29. The molecule has 0 saturated heterocycles. The van der Waals surface area contributed by atoms with E-state index in [0.29, 0.717) is 38.8 Å². The molecule has 0 saturated carbocycles. The van der Waals surface area contributed by atoms with E-state index in [-0.39, 0.29) is 56.7 Å². The predicted molar refractivity (Wildman–Crippen MR) is 232 cm³/mol. The minimum Gasteiger partial charge on any atom is -0.457 e. The van der Waals surface area contributed by atoms with Crippen molar-refractivity contribution in [1.82, 2.24) is 4.90 Å². The third-order valence-electron chi connectivity index (χ3n) is 11.9. The predicted octanol–water partition coefficient (Wildman–Crippen LogP) is 13.0. The first kappa shape index (κ1) is 45.2. The van der Waals surface area contributed by atoms with Crippen LogP contribution in [0, 0.1) is 34.6 Å². The van der Waals surface area contributed by atoms with Gasteiger partial charge in [-0.15, -0.1) is 0 Å². The summed E-state index contributed by atoms with van der Waals surface area (Å²) >= 11 is 0. The normalized spacial score (nSPS) is 14.0. The number of amides is 4. The van der Waals surface area contributed by atoms with E-state index in [2.05, 4.69) is 0 Å². The summed E-state index contributed by atoms with van der Waals surface area (Å²) < 4.78 is 104. The molecule has 6 aromatic carbocycles. The third-order valence-corrected chi connectivity index (χ3v) is 11.9. The van der Waals surface area contributed by atoms with Gasteiger partial charge in [0.15, 0.2) is 0 Å². The van der Waals surface area contributed by atoms with Crippen molar-refractivity contribution in [2.24, 2.45) is 0 Å². The third kappa shape index (κ3) is 7.92. The van der Waals surface area contributed by atoms with Gasteiger partial charge in [-0.2, -0.15) is 26.3 Å². The van der Waals surface area contributed by atoms with Crippen LogP contribution in [0.3, 0.4) is 0 Å². The van der Waals surface area contributed by atoms with E-state index >= 15 is 0 Å². The topological polar surface area (TPSA) is 102 Å². The highest BCUT2D eigenvalue weighted by Gasteiger charge is 2.41. The molecule has 0 spiro atoms. The molecule has 0 radical (unpaired) electrons. The van der Waals surface area contributed by atoms with Crippen LogP contribution in [0.2, 0.25) is 0 Å². The zero-order valence-corrected chi connectivity index (χ0v) is 36.8. The van der Waals surface area contributed by atoms with Gasteiger partial charge in [0.2, 0.25) is 0 Å². The van der Waals surface area contributed by atoms with Crippen LogP contribution in [-0.4, -0.2) is 35.6 Å². The molecule has 0 aliphatic carbocycles. The molecule has 0 atom stereocenters. The Labute approximate surface area is 375 Å². The Kier molecular flexibility index (Phi) is 10.9. The molecule has 4 amide bonds. The van der Waals surface area contributed by atoms with Crippen LogP contribution in [0.25, 0.3) is 0 Å². The number of fused-ring (bicyclic) bond motifs is 2. The van der Waals surface area contributed by atoms with Crippen LogP contribution in [0.1, 0.15) is 105 Å². The maximum absolute atomic E-state index is 14.8. The van der Waals surface area contributed by atoms with Crippen molar-refractivity contribution in [2.45, 2.75) is 66.2 Å². The molecular weight excluding hydrogens is 867 g/mol. The Bertz CT molecular complexity index is 3030. The molecule has 6 aromatic rings. The summed E-state index contributed by atoms with van der Waals surface area (Å²) in [7, 11) is 1.35. The van der Waals surface area contributed by atoms with Crippen molar-refractivity contribution in [3.05, 3.63) is 169 Å². The quantitative estimate of drug-likeness (QED) is 0.105. The molecule has 338 valence electrons. The fraction of sp³-hybridized carbons (Fsp3) is 0.216. The summed E-state index contributed by atoms with van der Waals surface area (Å²) in [5.74, 6) is -2.90. The van der Waals surface area contributed by atoms with Crippen LogP contribution >= 0.6 is 0 Å². The van der Waals surface area contributed by atoms with Gasteiger partial charge in [-0.25, -0.2) is 4.90 Å². The maximum Gasteiger partial charge on any atom is 0.420 e. The van der Waals surface area contributed by atoms with E-state index in [9.17, 15) is 45.5 Å². The second-order valence-electron chi connectivity index (χ2n) is 17.0. The van der Waals surface area contributed by atoms with Crippen LogP contribution < -0.4 is 19.1 Å². The fourth-order valence-corrected chi connectivity index (χ4v) is 8.31. The van der Waals surface area contributed by atoms with E-state index in [4.69, 9.17) is 14.2 Å². The van der Waals surface area contributed by atoms with Gasteiger partial charge in [-0.1, -0.05) is 49.7 Å². The summed E-state index contributed by atoms with van der Waals surface area (Å²) in [5, 5.41) is 0. The van der Waals surface area contributed by atoms with Gasteiger partial charge in [0.05, 0.1) is 33.5 Å². The summed E-state index contributed by atoms with van der Waals surface area (Å²) in [4.78, 5) is 53.7. The maximum atomic E-state index is 14.8. The smallest absolute Gasteiger partial charge is 0.420 e. The first-order chi connectivity index (χ1) is 30.8. The number of anilines is 1. The molecule has 9 nitrogen and oxygen atoms in total. The van der Waals surface area contributed by atoms with Gasteiger partial charge >= 0.3 is 12.4 Å². The van der Waals surface area contributed by atoms with Crippen LogP contribution in [0.5, 0.6) is 34.5 Å². The number of hydrogen-bond acceptors (Lipinski definition) is 7. The summed E-state index contributed by atoms with van der Waals surface area (Å²) in [6, 6.07) is 22.3. The Balaban J connectivity index is 1.04. The zero-order valence-electron chi connectivity index (χ0n) is 36.8. The summed E-state index contributed by atoms with van der Waals surface area (Å²) in [6.45, 7) is 12.3. The number of imide groups is 2. The molecule has 2 heterocycles. The Morgan fingerprint density at radius 1 is 0.455 bits per heavy atom. The molecule has 15 heteroatoms. The molecule has 2 aliphatic heterocycles. The number of rotatable bonds is 9. The van der Waals surface area contributed by atoms with Crippen molar-refractivity contribution in [1.29, 1.82) is 0 Å². The largest absolute Gasteiger partial charge is 0.457 e. The lowest BCUT2D eigenvalue weighted by atomic mass is 9.76. The minimum absolute atomic E-state index is 0.0665. The first-order valence-corrected chi connectivity index (χ1v) is 20.5. The summed E-state index contributed by atoms with van der Waals surface area (Å²) in [5.41, 5.74) is 1.22. The average molecular weight is 907 g/mol. The Morgan fingerprint density at radius 2 is 0.864 bits per heavy atom. The van der Waals surface area contributed by atoms with Crippen molar-refractivity contribution < 1.29 is 59.7 Å². The number of alkyl halides is 6. The molecule has 0 bridgehead atoms. The second kappa shape index (κ2) is 15.9. The average Bonchev–Trinajstić information content (AvgIpc) is 3.61. The monoisotopic (exact) mass is 906 g/mol. The van der Waals surface area contributed by atoms with Crippen molar-refractivity contribution >= 4 is 29.3 Å². The second-order valence-corrected chi connectivity index (χ2v) is 17.0. The van der Waals surface area contributed by atoms with Gasteiger partial charge in [0, 0.05) is 12.5 Å². The number of carbonyl (C=O) groups is 4. The SMILES string of the molecule is Cc1ccc(Oc2c(C)cc(C(C)(C)c3cc(C)c(Oc4ccc(N5C(=O)c6ccc(Oc7ccc8c(c7)C(=O)N(C)C8=O)cc6C5=O)cc4C(F)(F)F)c(C)c3)cc2C)c(C(F)(F)F)c1. The highest BCUT2D eigenvalue weighted by Crippen LogP contribution is 2.46. The first-order valence-electron chi connectivity index (χ1n) is 20.5. The zero-order chi connectivity index (χ0) is 47.9. The van der Waals surface area contributed by atoms with Gasteiger partial charge < -0.3 is 14.2 Å². The Hall–Kier alpha value is -7.42. The standard InChI is InChI=1S/C51H40F6N2O7/c1-25-9-15-41(39(17-25)50(52,53)54)65-43-26(2)18-30(19-27(43)3)49(6,7)31-20-28(4)44(29(5)21-31)66-42-16-10-32(22-40(42)51(55,56)57)59-47(62)36-14-12-34(24-38(36)48(59)63)64-33-11-13-35-37(23-33)46(61)58(8)45(35)60/h9-24H,1-8H3. The lowest BCUT2D eigenvalue weighted by molar-refractivity contribution is -0.139. The molecule has 0 N–H and O–H groups in total. The summed E-state index contributed by atoms with van der Waals surface area (Å²) in [6.07, 6.45) is -9.61. The van der Waals surface area contributed by atoms with E-state index in [0.717, 1.165) is 28.2 Å². The highest BCUT2D eigenvalue weighted by atomic mass is 19.4. The van der Waals surface area contributed by atoms with E-state index in [1.54, 1.807) is 52.8 Å². The molecule has 8 rings (SSSR count). The highest BCUT2D eigenvalue weighted by molar-refractivity contribution is 6.34. The molecule has 0 fully saturated rings. The van der Waals surface area contributed by atoms with Gasteiger partial charge in [0.1, 0.15) is 40.1 Å². The van der Waals surface area contributed by atoms with E-state index in [1.807, 2.05) is 26.0 Å². The molecule has 0 aromatic heterocycles. The minimum atomic E-state index is -4.98. The van der Waals surface area contributed by atoms with Crippen LogP contribution in [0.4, 0.5) is 32.0 Å². The number of benzene rings is 6. The number of nitrogens with zero attached hydrogens (tertiary/aromatic N) is 2. The van der Waals surface area contributed by atoms with Crippen molar-refractivity contribution in [2.75, 3.05) is 11.9 Å². The van der Waals surface area contributed by atoms with Crippen molar-refractivity contribution in [3.63, 3.8) is 0 Å². The molecule has 66 heavy (non-hydrogen) atoms. The Morgan fingerprint density at radius 3 is 1.35 bits per heavy atom. The number of hydrogen-bond donors (Lipinski definition) is 0. The van der Waals surface area contributed by atoms with Gasteiger partial charge in [-0.05, 0) is 135 Å². The molecule has 2 aliphatic rings. The van der Waals surface area contributed by atoms with Crippen LogP contribution in [-0.2, 0) is 17.8 Å². The molecular formula is C51H40F6N2O7. The van der Waals surface area contributed by atoms with E-state index in [1.165, 1.54) is 55.6 Å². The van der Waals surface area contributed by atoms with Gasteiger partial charge in [0.25, 0.3) is 23.6 Å². The number of carbonyl (C=O) groups excluding carboxylic acids is 4. The van der Waals surface area contributed by atoms with E-state index < -0.39 is 58.3 Å². The number of aryl methyl sites for hydroxylation is 5. The number of ether oxygens (including phenoxy) is 3. The molecule has 0 unspecified atom stereocenters. The van der Waals surface area contributed by atoms with Gasteiger partial charge in [-0.3, -0.25) is 24.1 Å². The lowest BCUT2D eigenvalue weighted by Gasteiger charge is -2.29. The fourth-order valence-electron chi connectivity index (χ4n) is 8.31. The van der Waals surface area contributed by atoms with Crippen LogP contribution in [0.15, 0.2) is 97.1 Å². The van der Waals surface area contributed by atoms with Crippen molar-refractivity contribution in [3.8, 4) is 34.5 Å². The number of halogens is 6.